The van der Waals surface area contributed by atoms with Crippen molar-refractivity contribution < 1.29 is 28.5 Å². The number of methoxy groups -OCH3 is 2. The summed E-state index contributed by atoms with van der Waals surface area (Å²) in [7, 11) is 5.14. The van der Waals surface area contributed by atoms with Crippen LogP contribution in [0.4, 0.5) is 5.69 Å². The predicted octanol–water partition coefficient (Wildman–Crippen LogP) is 2.46. The van der Waals surface area contributed by atoms with Gasteiger partial charge < -0.3 is 29.4 Å². The molecule has 0 spiro atoms. The lowest BCUT2D eigenvalue weighted by Crippen LogP contribution is -2.36. The number of fused-ring (bicyclic) bond motifs is 3. The summed E-state index contributed by atoms with van der Waals surface area (Å²) in [5.41, 5.74) is 9.65. The van der Waals surface area contributed by atoms with Crippen LogP contribution in [0.1, 0.15) is 39.2 Å². The molecule has 2 aromatic carbocycles. The molecule has 0 saturated carbocycles. The number of likely N-dealkylation sites (N-methyl/N-ethyl adjacent to an activating group) is 1. The van der Waals surface area contributed by atoms with Gasteiger partial charge in [0.15, 0.2) is 11.5 Å². The maximum Gasteiger partial charge on any atom is 0.341 e. The number of hydrogen-bond donors (Lipinski definition) is 1. The molecule has 2 aromatic rings. The highest BCUT2D eigenvalue weighted by Gasteiger charge is 2.45. The largest absolute Gasteiger partial charge is 0.495 e. The number of hydrogen-bond acceptors (Lipinski definition) is 8. The molecule has 0 saturated heterocycles. The van der Waals surface area contributed by atoms with Gasteiger partial charge in [0, 0.05) is 17.7 Å². The average Bonchev–Trinajstić information content (AvgIpc) is 3.31. The van der Waals surface area contributed by atoms with Crippen molar-refractivity contribution in [3.05, 3.63) is 40.5 Å². The first-order valence-electron chi connectivity index (χ1n) is 9.42. The van der Waals surface area contributed by atoms with E-state index in [0.29, 0.717) is 34.2 Å². The molecule has 2 atom stereocenters. The Labute approximate surface area is 168 Å². The van der Waals surface area contributed by atoms with Crippen LogP contribution in [0.3, 0.4) is 0 Å². The van der Waals surface area contributed by atoms with Gasteiger partial charge in [0.25, 0.3) is 0 Å². The van der Waals surface area contributed by atoms with Gasteiger partial charge in [-0.15, -0.1) is 0 Å². The number of carbonyl (C=O) groups excluding carboxylic acids is 1. The maximum atomic E-state index is 12.7. The van der Waals surface area contributed by atoms with Crippen molar-refractivity contribution in [3.63, 3.8) is 0 Å². The topological polar surface area (TPSA) is 92.5 Å². The molecule has 3 heterocycles. The Bertz CT molecular complexity index is 1020. The van der Waals surface area contributed by atoms with Gasteiger partial charge in [-0.1, -0.05) is 6.07 Å². The number of rotatable bonds is 3. The minimum absolute atomic E-state index is 0.159. The minimum atomic E-state index is -0.524. The fourth-order valence-corrected chi connectivity index (χ4v) is 4.58. The number of carbonyl (C=O) groups is 1. The Morgan fingerprint density at radius 3 is 2.79 bits per heavy atom. The average molecular weight is 398 g/mol. The van der Waals surface area contributed by atoms with Crippen LogP contribution in [0, 0.1) is 0 Å². The molecule has 29 heavy (non-hydrogen) atoms. The molecule has 8 heteroatoms. The van der Waals surface area contributed by atoms with Crippen molar-refractivity contribution in [1.29, 1.82) is 0 Å². The number of cyclic esters (lactones) is 1. The van der Waals surface area contributed by atoms with Gasteiger partial charge in [0.05, 0.1) is 31.5 Å². The number of anilines is 1. The van der Waals surface area contributed by atoms with E-state index in [2.05, 4.69) is 4.90 Å². The summed E-state index contributed by atoms with van der Waals surface area (Å²) in [4.78, 5) is 14.9. The van der Waals surface area contributed by atoms with Crippen LogP contribution in [0.15, 0.2) is 18.2 Å². The summed E-state index contributed by atoms with van der Waals surface area (Å²) >= 11 is 0. The highest BCUT2D eigenvalue weighted by Crippen LogP contribution is 2.54. The number of nitrogens with two attached hydrogens (primary N) is 1. The van der Waals surface area contributed by atoms with Gasteiger partial charge in [0.1, 0.15) is 11.9 Å². The molecule has 0 aromatic heterocycles. The normalized spacial score (nSPS) is 22.1. The zero-order valence-corrected chi connectivity index (χ0v) is 16.5. The first kappa shape index (κ1) is 17.9. The van der Waals surface area contributed by atoms with E-state index in [0.717, 1.165) is 29.7 Å². The maximum absolute atomic E-state index is 12.7. The summed E-state index contributed by atoms with van der Waals surface area (Å²) in [5.74, 6) is 1.91. The molecule has 8 nitrogen and oxygen atoms in total. The SMILES string of the molecule is COc1ccc2c(c1N)C(=O)O[C@H]2[C@H]1c2c(cc3c(c2OC)OCO3)CCN1C. The van der Waals surface area contributed by atoms with Crippen molar-refractivity contribution in [2.75, 3.05) is 40.3 Å². The highest BCUT2D eigenvalue weighted by molar-refractivity contribution is 6.01. The van der Waals surface area contributed by atoms with Crippen LogP contribution in [-0.2, 0) is 11.2 Å². The minimum Gasteiger partial charge on any atom is -0.495 e. The molecule has 0 bridgehead atoms. The molecule has 0 aliphatic carbocycles. The fourth-order valence-electron chi connectivity index (χ4n) is 4.58. The van der Waals surface area contributed by atoms with E-state index >= 15 is 0 Å². The predicted molar refractivity (Wildman–Crippen MR) is 104 cm³/mol. The van der Waals surface area contributed by atoms with Gasteiger partial charge in [-0.25, -0.2) is 4.79 Å². The molecule has 152 valence electrons. The fraction of sp³-hybridized carbons (Fsp3) is 0.381. The molecule has 3 aliphatic heterocycles. The van der Waals surface area contributed by atoms with Crippen molar-refractivity contribution >= 4 is 11.7 Å². The molecular weight excluding hydrogens is 376 g/mol. The smallest absolute Gasteiger partial charge is 0.341 e. The molecular formula is C21H22N2O6. The van der Waals surface area contributed by atoms with Gasteiger partial charge in [-0.2, -0.15) is 0 Å². The van der Waals surface area contributed by atoms with E-state index in [9.17, 15) is 4.79 Å². The van der Waals surface area contributed by atoms with Crippen LogP contribution in [0.5, 0.6) is 23.0 Å². The molecule has 2 N–H and O–H groups in total. The Hall–Kier alpha value is -3.13. The third-order valence-corrected chi connectivity index (χ3v) is 5.94. The number of nitrogen functional groups attached to an aromatic ring is 1. The van der Waals surface area contributed by atoms with E-state index in [1.165, 1.54) is 7.11 Å². The Balaban J connectivity index is 1.68. The summed E-state index contributed by atoms with van der Waals surface area (Å²) in [6, 6.07) is 5.37. The second-order valence-electron chi connectivity index (χ2n) is 7.36. The Morgan fingerprint density at radius 2 is 2.03 bits per heavy atom. The van der Waals surface area contributed by atoms with Crippen LogP contribution in [-0.4, -0.2) is 45.5 Å². The van der Waals surface area contributed by atoms with Gasteiger partial charge in [-0.05, 0) is 31.2 Å². The van der Waals surface area contributed by atoms with E-state index in [4.69, 9.17) is 29.4 Å². The van der Waals surface area contributed by atoms with Crippen molar-refractivity contribution in [2.45, 2.75) is 18.6 Å². The van der Waals surface area contributed by atoms with E-state index in [1.807, 2.05) is 19.2 Å². The van der Waals surface area contributed by atoms with Crippen LogP contribution >= 0.6 is 0 Å². The standard InChI is InChI=1S/C21H22N2O6/c1-23-7-6-10-8-13-19(28-9-27-13)20(26-3)14(10)17(23)18-11-4-5-12(25-2)16(22)15(11)21(24)29-18/h4-5,8,17-18H,6-7,9,22H2,1-3H3/t17-,18-/m1/s1. The number of esters is 1. The van der Waals surface area contributed by atoms with Gasteiger partial charge in [-0.3, -0.25) is 4.90 Å². The van der Waals surface area contributed by atoms with E-state index in [1.54, 1.807) is 13.2 Å². The molecule has 0 unspecified atom stereocenters. The molecule has 3 aliphatic rings. The van der Waals surface area contributed by atoms with Gasteiger partial charge >= 0.3 is 5.97 Å². The molecule has 0 radical (unpaired) electrons. The monoisotopic (exact) mass is 398 g/mol. The second-order valence-corrected chi connectivity index (χ2v) is 7.36. The molecule has 5 rings (SSSR count). The first-order valence-corrected chi connectivity index (χ1v) is 9.42. The number of benzene rings is 2. The van der Waals surface area contributed by atoms with E-state index in [-0.39, 0.29) is 12.8 Å². The zero-order valence-electron chi connectivity index (χ0n) is 16.5. The lowest BCUT2D eigenvalue weighted by atomic mass is 9.85. The van der Waals surface area contributed by atoms with Crippen molar-refractivity contribution in [1.82, 2.24) is 4.90 Å². The lowest BCUT2D eigenvalue weighted by Gasteiger charge is -2.38. The quantitative estimate of drug-likeness (QED) is 0.623. The summed E-state index contributed by atoms with van der Waals surface area (Å²) in [6.07, 6.45) is 0.303. The first-order chi connectivity index (χ1) is 14.0. The lowest BCUT2D eigenvalue weighted by molar-refractivity contribution is 0.00885. The summed E-state index contributed by atoms with van der Waals surface area (Å²) in [5, 5.41) is 0. The third kappa shape index (κ3) is 2.45. The van der Waals surface area contributed by atoms with E-state index < -0.39 is 12.1 Å². The van der Waals surface area contributed by atoms with Gasteiger partial charge in [0.2, 0.25) is 12.5 Å². The number of ether oxygens (including phenoxy) is 5. The molecule has 0 fully saturated rings. The van der Waals surface area contributed by atoms with Crippen LogP contribution < -0.4 is 24.7 Å². The van der Waals surface area contributed by atoms with Crippen molar-refractivity contribution in [3.8, 4) is 23.0 Å². The Kier molecular flexibility index (Phi) is 3.99. The summed E-state index contributed by atoms with van der Waals surface area (Å²) in [6.45, 7) is 0.960. The van der Waals surface area contributed by atoms with Crippen LogP contribution in [0.2, 0.25) is 0 Å². The highest BCUT2D eigenvalue weighted by atomic mass is 16.7. The number of nitrogens with zero attached hydrogens (tertiary/aromatic N) is 1. The second kappa shape index (κ2) is 6.45. The van der Waals surface area contributed by atoms with Crippen LogP contribution in [0.25, 0.3) is 0 Å². The van der Waals surface area contributed by atoms with Crippen molar-refractivity contribution in [2.24, 2.45) is 0 Å². The zero-order chi connectivity index (χ0) is 20.3. The Morgan fingerprint density at radius 1 is 1.21 bits per heavy atom. The third-order valence-electron chi connectivity index (χ3n) is 5.94. The summed E-state index contributed by atoms with van der Waals surface area (Å²) < 4.78 is 28.1. The molecule has 0 amide bonds.